The number of fused-ring (bicyclic) bond motifs is 3. The van der Waals surface area contributed by atoms with E-state index in [1.54, 1.807) is 46.3 Å². The maximum Gasteiger partial charge on any atom is 0.255 e. The van der Waals surface area contributed by atoms with Crippen molar-refractivity contribution in [2.45, 2.75) is 30.9 Å². The maximum atomic E-state index is 14.1. The van der Waals surface area contributed by atoms with E-state index >= 15 is 0 Å². The fraction of sp³-hybridized carbons (Fsp3) is 0.517. The second-order valence-electron chi connectivity index (χ2n) is 11.6. The molecule has 0 bridgehead atoms. The minimum absolute atomic E-state index is 0. The fourth-order valence-corrected chi connectivity index (χ4v) is 6.53. The van der Waals surface area contributed by atoms with E-state index in [9.17, 15) is 39.6 Å². The van der Waals surface area contributed by atoms with Crippen LogP contribution in [-0.2, 0) is 25.5 Å². The molecule has 0 aromatic heterocycles. The van der Waals surface area contributed by atoms with Gasteiger partial charge in [0.25, 0.3) is 5.91 Å². The molecule has 4 atom stereocenters. The molecule has 0 aliphatic heterocycles. The lowest BCUT2D eigenvalue weighted by atomic mass is 9.58. The third-order valence-electron chi connectivity index (χ3n) is 8.44. The van der Waals surface area contributed by atoms with Gasteiger partial charge in [0.15, 0.2) is 17.1 Å². The number of likely N-dealkylation sites (N-methyl/N-ethyl adjacent to an activating group) is 1. The number of aromatic hydroxyl groups is 1. The van der Waals surface area contributed by atoms with Crippen LogP contribution in [0.15, 0.2) is 28.7 Å². The number of anilines is 2. The highest BCUT2D eigenvalue weighted by molar-refractivity contribution is 6.25. The van der Waals surface area contributed by atoms with Crippen molar-refractivity contribution in [2.24, 2.45) is 17.6 Å². The van der Waals surface area contributed by atoms with Crippen LogP contribution in [0.5, 0.6) is 5.75 Å². The van der Waals surface area contributed by atoms with Crippen LogP contribution in [0.2, 0.25) is 0 Å². The third kappa shape index (κ3) is 6.35. The van der Waals surface area contributed by atoms with Gasteiger partial charge in [-0.1, -0.05) is 0 Å². The highest BCUT2D eigenvalue weighted by Crippen LogP contribution is 2.53. The van der Waals surface area contributed by atoms with Gasteiger partial charge in [0, 0.05) is 45.0 Å². The molecular formula is C29H41Cl2N5O9. The molecule has 0 saturated carbocycles. The number of rotatable bonds is 10. The number of amides is 2. The number of hydrogen-bond donors (Lipinski definition) is 7. The summed E-state index contributed by atoms with van der Waals surface area (Å²) in [6, 6.07) is 0.478. The number of Topliss-reactive ketones (excluding diaryl/α,β-unsaturated/α-hetero) is 2. The Bertz CT molecular complexity index is 1450. The fourth-order valence-electron chi connectivity index (χ4n) is 6.53. The van der Waals surface area contributed by atoms with Crippen molar-refractivity contribution in [2.75, 3.05) is 65.2 Å². The highest BCUT2D eigenvalue weighted by Gasteiger charge is 2.63. The van der Waals surface area contributed by atoms with E-state index in [1.165, 1.54) is 4.90 Å². The minimum atomic E-state index is -2.73. The monoisotopic (exact) mass is 673 g/mol. The summed E-state index contributed by atoms with van der Waals surface area (Å²) in [4.78, 5) is 55.6. The van der Waals surface area contributed by atoms with Crippen molar-refractivity contribution in [1.29, 1.82) is 0 Å². The van der Waals surface area contributed by atoms with Gasteiger partial charge in [0.2, 0.25) is 11.7 Å². The topological polar surface area (TPSA) is 215 Å². The summed E-state index contributed by atoms with van der Waals surface area (Å²) in [6.07, 6.45) is 0.797. The molecule has 3 aliphatic carbocycles. The second-order valence-corrected chi connectivity index (χ2v) is 11.6. The largest absolute Gasteiger partial charge is 0.510 e. The van der Waals surface area contributed by atoms with Crippen LogP contribution in [0.4, 0.5) is 11.4 Å². The van der Waals surface area contributed by atoms with Gasteiger partial charge in [-0.05, 0) is 57.5 Å². The summed E-state index contributed by atoms with van der Waals surface area (Å²) in [5.74, 6) is -7.83. The number of primary amides is 1. The number of aliphatic hydroxyl groups is 3. The van der Waals surface area contributed by atoms with E-state index in [0.29, 0.717) is 30.8 Å². The van der Waals surface area contributed by atoms with Crippen molar-refractivity contribution in [3.05, 3.63) is 39.9 Å². The van der Waals surface area contributed by atoms with Crippen LogP contribution < -0.4 is 21.3 Å². The van der Waals surface area contributed by atoms with Gasteiger partial charge in [-0.15, -0.1) is 24.8 Å². The van der Waals surface area contributed by atoms with Gasteiger partial charge in [0.1, 0.15) is 17.1 Å². The average Bonchev–Trinajstić information content (AvgIpc) is 2.91. The summed E-state index contributed by atoms with van der Waals surface area (Å²) < 4.78 is 4.98. The first-order valence-electron chi connectivity index (χ1n) is 13.9. The van der Waals surface area contributed by atoms with Gasteiger partial charge in [-0.3, -0.25) is 24.1 Å². The predicted octanol–water partition coefficient (Wildman–Crippen LogP) is 0.595. The van der Waals surface area contributed by atoms with E-state index in [-0.39, 0.29) is 61.0 Å². The van der Waals surface area contributed by atoms with Crippen LogP contribution >= 0.6 is 24.8 Å². The van der Waals surface area contributed by atoms with E-state index in [2.05, 4.69) is 10.6 Å². The minimum Gasteiger partial charge on any atom is -0.510 e. The molecule has 2 amide bonds. The summed E-state index contributed by atoms with van der Waals surface area (Å²) in [5, 5.41) is 51.0. The van der Waals surface area contributed by atoms with E-state index in [4.69, 9.17) is 10.5 Å². The van der Waals surface area contributed by atoms with Crippen LogP contribution in [0.25, 0.3) is 0 Å². The van der Waals surface area contributed by atoms with Crippen LogP contribution in [0, 0.1) is 11.8 Å². The number of carbonyl (C=O) groups excluding carboxylic acids is 4. The smallest absolute Gasteiger partial charge is 0.255 e. The van der Waals surface area contributed by atoms with Crippen LogP contribution in [0.1, 0.15) is 28.8 Å². The van der Waals surface area contributed by atoms with Gasteiger partial charge in [-0.2, -0.15) is 0 Å². The molecule has 3 unspecified atom stereocenters. The zero-order valence-electron chi connectivity index (χ0n) is 25.7. The Labute approximate surface area is 273 Å². The van der Waals surface area contributed by atoms with E-state index in [0.717, 1.165) is 0 Å². The van der Waals surface area contributed by atoms with Gasteiger partial charge >= 0.3 is 0 Å². The van der Waals surface area contributed by atoms with Gasteiger partial charge in [0.05, 0.1) is 23.8 Å². The molecule has 16 heteroatoms. The first-order valence-corrected chi connectivity index (χ1v) is 13.9. The lowest BCUT2D eigenvalue weighted by molar-refractivity contribution is -0.148. The number of ether oxygens (including phenoxy) is 1. The molecule has 1 aromatic rings. The Morgan fingerprint density at radius 1 is 1.13 bits per heavy atom. The number of nitrogens with one attached hydrogen (secondary N) is 2. The zero-order chi connectivity index (χ0) is 32.0. The van der Waals surface area contributed by atoms with Crippen molar-refractivity contribution < 1.29 is 44.3 Å². The number of halogens is 2. The molecule has 0 spiro atoms. The molecule has 1 aromatic carbocycles. The number of nitrogens with two attached hydrogens (primary N) is 1. The first kappa shape index (κ1) is 37.8. The molecule has 4 rings (SSSR count). The molecule has 250 valence electrons. The average molecular weight is 675 g/mol. The Balaban J connectivity index is 0.00000353. The number of phenolic OH excluding ortho intramolecular Hbond substituents is 1. The zero-order valence-corrected chi connectivity index (χ0v) is 27.3. The van der Waals surface area contributed by atoms with Crippen molar-refractivity contribution in [3.8, 4) is 5.75 Å². The Morgan fingerprint density at radius 3 is 2.33 bits per heavy atom. The van der Waals surface area contributed by atoms with Crippen molar-refractivity contribution in [1.82, 2.24) is 10.2 Å². The number of methoxy groups -OCH3 is 1. The van der Waals surface area contributed by atoms with Gasteiger partial charge in [-0.25, -0.2) is 0 Å². The quantitative estimate of drug-likeness (QED) is 0.103. The number of nitrogens with zero attached hydrogens (tertiary/aromatic N) is 2. The molecule has 0 heterocycles. The normalized spacial score (nSPS) is 23.8. The van der Waals surface area contributed by atoms with Crippen molar-refractivity contribution in [3.63, 3.8) is 0 Å². The molecule has 14 nitrogen and oxygen atoms in total. The number of allylic oxidation sites excluding steroid dienone is 1. The summed E-state index contributed by atoms with van der Waals surface area (Å²) in [7, 11) is 8.19. The number of phenols is 1. The Hall–Kier alpha value is -3.40. The van der Waals surface area contributed by atoms with Crippen LogP contribution in [-0.4, -0.2) is 115 Å². The number of hydrogen-bond acceptors (Lipinski definition) is 12. The van der Waals surface area contributed by atoms with Crippen LogP contribution in [0.3, 0.4) is 0 Å². The molecule has 0 radical (unpaired) electrons. The maximum absolute atomic E-state index is 14.1. The number of ketones is 2. The summed E-state index contributed by atoms with van der Waals surface area (Å²) in [6.45, 7) is 0.984. The molecule has 0 saturated heterocycles. The number of benzene rings is 1. The standard InChI is InChI=1S/C29H39N5O9.2ClH/c1-33(2)17-11-16(32-18(35)12-31-7-6-8-43-5)23(36)20-14(17)9-13-10-15-22(34(3)4)25(38)21(28(30)41)27(40)29(15,42)26(39)19(13)24(20)37;;/h11,13,15,22,31,36,38-39,42H,6-10,12H2,1-5H3,(H2,30,41)(H,32,35);2*1H/t13?,15?,22-,29?;;/m0../s1. The summed E-state index contributed by atoms with van der Waals surface area (Å²) in [5.41, 5.74) is 2.28. The Kier molecular flexibility index (Phi) is 12.1. The summed E-state index contributed by atoms with van der Waals surface area (Å²) >= 11 is 0. The molecular weight excluding hydrogens is 633 g/mol. The van der Waals surface area contributed by atoms with Gasteiger partial charge < -0.3 is 46.4 Å². The third-order valence-corrected chi connectivity index (χ3v) is 8.44. The predicted molar refractivity (Wildman–Crippen MR) is 170 cm³/mol. The molecule has 0 fully saturated rings. The number of carbonyl (C=O) groups is 4. The lowest BCUT2D eigenvalue weighted by Gasteiger charge is -2.50. The van der Waals surface area contributed by atoms with E-state index < -0.39 is 69.7 Å². The lowest BCUT2D eigenvalue weighted by Crippen LogP contribution is -2.63. The number of aliphatic hydroxyl groups excluding tert-OH is 2. The second kappa shape index (κ2) is 14.4. The first-order chi connectivity index (χ1) is 20.2. The SMILES string of the molecule is COCCCNCC(=O)Nc1cc(N(C)C)c2c(c1O)C(=O)C1=C(O)C3(O)C(=O)C(C(N)=O)=C(O)[C@@H](N(C)C)C3CC1C2.Cl.Cl. The Morgan fingerprint density at radius 2 is 1.78 bits per heavy atom. The molecule has 3 aliphatic rings. The molecule has 45 heavy (non-hydrogen) atoms. The van der Waals surface area contributed by atoms with E-state index in [1.807, 2.05) is 0 Å². The van der Waals surface area contributed by atoms with Crippen molar-refractivity contribution >= 4 is 59.6 Å². The highest BCUT2D eigenvalue weighted by atomic mass is 35.5. The molecule has 8 N–H and O–H groups in total.